The van der Waals surface area contributed by atoms with Crippen LogP contribution in [0.2, 0.25) is 0 Å². The summed E-state index contributed by atoms with van der Waals surface area (Å²) in [4.78, 5) is 0. The topological polar surface area (TPSA) is 57.6 Å². The molecule has 3 atom stereocenters. The van der Waals surface area contributed by atoms with Crippen molar-refractivity contribution in [2.45, 2.75) is 38.0 Å². The average Bonchev–Trinajstić information content (AvgIpc) is 2.97. The van der Waals surface area contributed by atoms with Crippen molar-refractivity contribution >= 4 is 0 Å². The predicted octanol–water partition coefficient (Wildman–Crippen LogP) is 1.86. The first-order chi connectivity index (χ1) is 7.81. The van der Waals surface area contributed by atoms with Crippen molar-refractivity contribution in [2.75, 3.05) is 13.2 Å². The van der Waals surface area contributed by atoms with Crippen molar-refractivity contribution in [3.8, 4) is 0 Å². The minimum Gasteiger partial charge on any atom is -0.467 e. The second-order valence-electron chi connectivity index (χ2n) is 4.13. The molecular weight excluding hydrogens is 206 g/mol. The van der Waals surface area contributed by atoms with Crippen LogP contribution in [0.1, 0.15) is 31.6 Å². The third-order valence-corrected chi connectivity index (χ3v) is 2.91. The number of ether oxygens (including phenoxy) is 2. The van der Waals surface area contributed by atoms with Gasteiger partial charge in [0.15, 0.2) is 0 Å². The lowest BCUT2D eigenvalue weighted by atomic mass is 10.1. The molecule has 90 valence electrons. The molecule has 0 bridgehead atoms. The largest absolute Gasteiger partial charge is 0.467 e. The zero-order chi connectivity index (χ0) is 11.4. The van der Waals surface area contributed by atoms with Gasteiger partial charge in [0, 0.05) is 12.6 Å². The van der Waals surface area contributed by atoms with Gasteiger partial charge in [0.2, 0.25) is 0 Å². The summed E-state index contributed by atoms with van der Waals surface area (Å²) >= 11 is 0. The summed E-state index contributed by atoms with van der Waals surface area (Å²) in [6.45, 7) is 3.49. The summed E-state index contributed by atoms with van der Waals surface area (Å²) in [5.74, 6) is 0.807. The molecule has 4 heteroatoms. The van der Waals surface area contributed by atoms with E-state index in [0.717, 1.165) is 25.2 Å². The zero-order valence-corrected chi connectivity index (χ0v) is 9.59. The van der Waals surface area contributed by atoms with Gasteiger partial charge in [-0.05, 0) is 25.0 Å². The molecule has 0 spiro atoms. The van der Waals surface area contributed by atoms with Gasteiger partial charge in [0.1, 0.15) is 11.9 Å². The maximum Gasteiger partial charge on any atom is 0.134 e. The number of nitrogens with two attached hydrogens (primary N) is 1. The van der Waals surface area contributed by atoms with Crippen molar-refractivity contribution in [3.63, 3.8) is 0 Å². The third-order valence-electron chi connectivity index (χ3n) is 2.91. The van der Waals surface area contributed by atoms with Crippen LogP contribution < -0.4 is 5.73 Å². The first-order valence-electron chi connectivity index (χ1n) is 5.83. The van der Waals surface area contributed by atoms with E-state index in [1.54, 1.807) is 6.26 Å². The Morgan fingerprint density at radius 2 is 2.50 bits per heavy atom. The molecule has 0 radical (unpaired) electrons. The first-order valence-corrected chi connectivity index (χ1v) is 5.83. The van der Waals surface area contributed by atoms with Gasteiger partial charge < -0.3 is 19.6 Å². The van der Waals surface area contributed by atoms with Gasteiger partial charge in [0.05, 0.1) is 19.0 Å². The normalized spacial score (nSPS) is 24.5. The van der Waals surface area contributed by atoms with Crippen LogP contribution in [0.25, 0.3) is 0 Å². The van der Waals surface area contributed by atoms with Gasteiger partial charge >= 0.3 is 0 Å². The summed E-state index contributed by atoms with van der Waals surface area (Å²) in [6, 6.07) is 3.74. The van der Waals surface area contributed by atoms with E-state index in [-0.39, 0.29) is 18.2 Å². The van der Waals surface area contributed by atoms with Gasteiger partial charge in [0.25, 0.3) is 0 Å². The summed E-state index contributed by atoms with van der Waals surface area (Å²) < 4.78 is 16.6. The SMILES string of the molecule is CCC(N)C(OC1CCOC1)c1ccco1. The minimum atomic E-state index is -0.160. The number of rotatable bonds is 5. The van der Waals surface area contributed by atoms with Crippen molar-refractivity contribution in [2.24, 2.45) is 5.73 Å². The van der Waals surface area contributed by atoms with Crippen LogP contribution in [0.4, 0.5) is 0 Å². The van der Waals surface area contributed by atoms with Gasteiger partial charge in [-0.2, -0.15) is 0 Å². The van der Waals surface area contributed by atoms with Crippen molar-refractivity contribution in [1.29, 1.82) is 0 Å². The summed E-state index contributed by atoms with van der Waals surface area (Å²) in [7, 11) is 0. The molecule has 4 nitrogen and oxygen atoms in total. The Bertz CT molecular complexity index is 293. The van der Waals surface area contributed by atoms with E-state index in [0.29, 0.717) is 6.61 Å². The highest BCUT2D eigenvalue weighted by Gasteiger charge is 2.27. The molecule has 1 aromatic heterocycles. The van der Waals surface area contributed by atoms with E-state index in [2.05, 4.69) is 6.92 Å². The van der Waals surface area contributed by atoms with Gasteiger partial charge in [-0.1, -0.05) is 6.92 Å². The molecule has 1 aromatic rings. The van der Waals surface area contributed by atoms with E-state index in [4.69, 9.17) is 19.6 Å². The van der Waals surface area contributed by atoms with E-state index >= 15 is 0 Å². The van der Waals surface area contributed by atoms with Crippen LogP contribution in [0.3, 0.4) is 0 Å². The highest BCUT2D eigenvalue weighted by Crippen LogP contribution is 2.26. The molecule has 2 N–H and O–H groups in total. The summed E-state index contributed by atoms with van der Waals surface area (Å²) in [5.41, 5.74) is 6.06. The Balaban J connectivity index is 2.02. The fraction of sp³-hybridized carbons (Fsp3) is 0.667. The molecular formula is C12H19NO3. The van der Waals surface area contributed by atoms with Gasteiger partial charge in [-0.25, -0.2) is 0 Å². The number of furan rings is 1. The molecule has 1 fully saturated rings. The molecule has 1 aliphatic heterocycles. The molecule has 1 saturated heterocycles. The smallest absolute Gasteiger partial charge is 0.134 e. The Morgan fingerprint density at radius 3 is 3.06 bits per heavy atom. The van der Waals surface area contributed by atoms with Crippen molar-refractivity contribution < 1.29 is 13.9 Å². The van der Waals surface area contributed by atoms with Crippen molar-refractivity contribution in [3.05, 3.63) is 24.2 Å². The summed E-state index contributed by atoms with van der Waals surface area (Å²) in [6.07, 6.45) is 3.44. The van der Waals surface area contributed by atoms with Crippen LogP contribution in [0.5, 0.6) is 0 Å². The highest BCUT2D eigenvalue weighted by atomic mass is 16.6. The molecule has 0 aliphatic carbocycles. The van der Waals surface area contributed by atoms with E-state index < -0.39 is 0 Å². The molecule has 2 rings (SSSR count). The molecule has 16 heavy (non-hydrogen) atoms. The molecule has 0 saturated carbocycles. The molecule has 0 amide bonds. The van der Waals surface area contributed by atoms with E-state index in [9.17, 15) is 0 Å². The van der Waals surface area contributed by atoms with Gasteiger partial charge in [-0.3, -0.25) is 0 Å². The zero-order valence-electron chi connectivity index (χ0n) is 9.59. The van der Waals surface area contributed by atoms with Crippen LogP contribution in [-0.2, 0) is 9.47 Å². The Hall–Kier alpha value is -0.840. The molecule has 3 unspecified atom stereocenters. The predicted molar refractivity (Wildman–Crippen MR) is 60.0 cm³/mol. The van der Waals surface area contributed by atoms with Crippen molar-refractivity contribution in [1.82, 2.24) is 0 Å². The fourth-order valence-corrected chi connectivity index (χ4v) is 1.87. The summed E-state index contributed by atoms with van der Waals surface area (Å²) in [5, 5.41) is 0. The third kappa shape index (κ3) is 2.64. The lowest BCUT2D eigenvalue weighted by molar-refractivity contribution is -0.0400. The Labute approximate surface area is 95.7 Å². The van der Waals surface area contributed by atoms with Crippen LogP contribution in [-0.4, -0.2) is 25.4 Å². The van der Waals surface area contributed by atoms with E-state index in [1.165, 1.54) is 0 Å². The fourth-order valence-electron chi connectivity index (χ4n) is 1.87. The average molecular weight is 225 g/mol. The lowest BCUT2D eigenvalue weighted by Gasteiger charge is -2.24. The maximum absolute atomic E-state index is 6.06. The molecule has 0 aromatic carbocycles. The standard InChI is InChI=1S/C12H19NO3/c1-2-10(13)12(11-4-3-6-15-11)16-9-5-7-14-8-9/h3-4,6,9-10,12H,2,5,7-8,13H2,1H3. The Kier molecular flexibility index (Phi) is 3.98. The minimum absolute atomic E-state index is 0.0354. The monoisotopic (exact) mass is 225 g/mol. The first kappa shape index (κ1) is 11.6. The van der Waals surface area contributed by atoms with Crippen LogP contribution in [0.15, 0.2) is 22.8 Å². The lowest BCUT2D eigenvalue weighted by Crippen LogP contribution is -2.32. The maximum atomic E-state index is 6.06. The van der Waals surface area contributed by atoms with Crippen LogP contribution >= 0.6 is 0 Å². The number of hydrogen-bond donors (Lipinski definition) is 1. The second-order valence-corrected chi connectivity index (χ2v) is 4.13. The van der Waals surface area contributed by atoms with Gasteiger partial charge in [-0.15, -0.1) is 0 Å². The molecule has 1 aliphatic rings. The van der Waals surface area contributed by atoms with Crippen LogP contribution in [0, 0.1) is 0 Å². The number of hydrogen-bond acceptors (Lipinski definition) is 4. The quantitative estimate of drug-likeness (QED) is 0.831. The second kappa shape index (κ2) is 5.48. The van der Waals surface area contributed by atoms with E-state index in [1.807, 2.05) is 12.1 Å². The Morgan fingerprint density at radius 1 is 1.62 bits per heavy atom. The molecule has 2 heterocycles. The highest BCUT2D eigenvalue weighted by molar-refractivity contribution is 5.05.